The zero-order chi connectivity index (χ0) is 18.4. The summed E-state index contributed by atoms with van der Waals surface area (Å²) >= 11 is 0. The summed E-state index contributed by atoms with van der Waals surface area (Å²) in [7, 11) is 1.67. The minimum Gasteiger partial charge on any atom is -0.497 e. The number of rotatable bonds is 5. The predicted molar refractivity (Wildman–Crippen MR) is 101 cm³/mol. The summed E-state index contributed by atoms with van der Waals surface area (Å²) < 4.78 is 5.28. The molecule has 6 heteroatoms. The molecule has 1 heterocycles. The van der Waals surface area contributed by atoms with E-state index >= 15 is 0 Å². The SMILES string of the molecule is COc1cccc(N2CCC(CNC(=O)Nc3ccc(C#N)cc3)C2)c1. The summed E-state index contributed by atoms with van der Waals surface area (Å²) in [5.74, 6) is 1.26. The lowest BCUT2D eigenvalue weighted by Crippen LogP contribution is -2.34. The minimum atomic E-state index is -0.227. The van der Waals surface area contributed by atoms with Gasteiger partial charge in [0, 0.05) is 37.1 Å². The third-order valence-electron chi connectivity index (χ3n) is 4.53. The number of methoxy groups -OCH3 is 1. The number of hydrogen-bond acceptors (Lipinski definition) is 4. The van der Waals surface area contributed by atoms with Crippen molar-refractivity contribution in [3.8, 4) is 11.8 Å². The van der Waals surface area contributed by atoms with E-state index in [0.717, 1.165) is 30.9 Å². The van der Waals surface area contributed by atoms with Crippen LogP contribution in [0.3, 0.4) is 0 Å². The number of anilines is 2. The quantitative estimate of drug-likeness (QED) is 0.868. The van der Waals surface area contributed by atoms with Crippen LogP contribution in [0.5, 0.6) is 5.75 Å². The molecule has 134 valence electrons. The summed E-state index contributed by atoms with van der Waals surface area (Å²) in [6.07, 6.45) is 1.04. The first-order valence-electron chi connectivity index (χ1n) is 8.62. The van der Waals surface area contributed by atoms with Crippen LogP contribution < -0.4 is 20.3 Å². The highest BCUT2D eigenvalue weighted by Gasteiger charge is 2.23. The summed E-state index contributed by atoms with van der Waals surface area (Å²) in [5, 5.41) is 14.5. The number of benzene rings is 2. The molecule has 0 bridgehead atoms. The molecule has 6 nitrogen and oxygen atoms in total. The van der Waals surface area contributed by atoms with E-state index in [1.807, 2.05) is 18.2 Å². The monoisotopic (exact) mass is 350 g/mol. The maximum Gasteiger partial charge on any atom is 0.319 e. The van der Waals surface area contributed by atoms with Gasteiger partial charge in [0.25, 0.3) is 0 Å². The molecule has 1 aliphatic rings. The zero-order valence-corrected chi connectivity index (χ0v) is 14.7. The van der Waals surface area contributed by atoms with Crippen molar-refractivity contribution >= 4 is 17.4 Å². The molecule has 2 N–H and O–H groups in total. The first kappa shape index (κ1) is 17.6. The molecule has 0 aromatic heterocycles. The molecule has 1 aliphatic heterocycles. The standard InChI is InChI=1S/C20H22N4O2/c1-26-19-4-2-3-18(11-19)24-10-9-16(14-24)13-22-20(25)23-17-7-5-15(12-21)6-8-17/h2-8,11,16H,9-10,13-14H2,1H3,(H2,22,23,25). The molecule has 3 rings (SSSR count). The zero-order valence-electron chi connectivity index (χ0n) is 14.7. The van der Waals surface area contributed by atoms with E-state index in [9.17, 15) is 4.79 Å². The van der Waals surface area contributed by atoms with E-state index < -0.39 is 0 Å². The molecule has 1 unspecified atom stereocenters. The highest BCUT2D eigenvalue weighted by Crippen LogP contribution is 2.26. The van der Waals surface area contributed by atoms with Crippen molar-refractivity contribution in [1.29, 1.82) is 5.26 Å². The van der Waals surface area contributed by atoms with E-state index in [1.165, 1.54) is 0 Å². The number of nitrogens with zero attached hydrogens (tertiary/aromatic N) is 2. The van der Waals surface area contributed by atoms with Crippen molar-refractivity contribution in [2.45, 2.75) is 6.42 Å². The van der Waals surface area contributed by atoms with Gasteiger partial charge in [0.05, 0.1) is 18.7 Å². The highest BCUT2D eigenvalue weighted by atomic mass is 16.5. The van der Waals surface area contributed by atoms with Gasteiger partial charge < -0.3 is 20.3 Å². The first-order valence-corrected chi connectivity index (χ1v) is 8.62. The lowest BCUT2D eigenvalue weighted by molar-refractivity contribution is 0.250. The van der Waals surface area contributed by atoms with E-state index in [0.29, 0.717) is 23.7 Å². The van der Waals surface area contributed by atoms with Crippen LogP contribution in [0.1, 0.15) is 12.0 Å². The molecule has 0 spiro atoms. The Kier molecular flexibility index (Phi) is 5.59. The van der Waals surface area contributed by atoms with Crippen LogP contribution in [0, 0.1) is 17.2 Å². The van der Waals surface area contributed by atoms with Gasteiger partial charge in [-0.1, -0.05) is 6.07 Å². The Morgan fingerprint density at radius 2 is 2.12 bits per heavy atom. The third-order valence-corrected chi connectivity index (χ3v) is 4.53. The van der Waals surface area contributed by atoms with Gasteiger partial charge in [-0.2, -0.15) is 5.26 Å². The van der Waals surface area contributed by atoms with E-state index in [2.05, 4.69) is 27.7 Å². The Bertz CT molecular complexity index is 798. The second kappa shape index (κ2) is 8.26. The number of carbonyl (C=O) groups is 1. The van der Waals surface area contributed by atoms with Gasteiger partial charge in [-0.3, -0.25) is 0 Å². The van der Waals surface area contributed by atoms with E-state index in [4.69, 9.17) is 10.00 Å². The molecule has 0 saturated carbocycles. The smallest absolute Gasteiger partial charge is 0.319 e. The number of nitriles is 1. The van der Waals surface area contributed by atoms with Gasteiger partial charge in [0.2, 0.25) is 0 Å². The summed E-state index contributed by atoms with van der Waals surface area (Å²) in [4.78, 5) is 14.4. The molecule has 1 atom stereocenters. The fraction of sp³-hybridized carbons (Fsp3) is 0.300. The van der Waals surface area contributed by atoms with Gasteiger partial charge in [-0.05, 0) is 48.7 Å². The van der Waals surface area contributed by atoms with Gasteiger partial charge >= 0.3 is 6.03 Å². The Hall–Kier alpha value is -3.20. The van der Waals surface area contributed by atoms with Crippen molar-refractivity contribution < 1.29 is 9.53 Å². The molecule has 0 aliphatic carbocycles. The second-order valence-corrected chi connectivity index (χ2v) is 6.33. The number of hydrogen-bond donors (Lipinski definition) is 2. The van der Waals surface area contributed by atoms with E-state index in [-0.39, 0.29) is 6.03 Å². The summed E-state index contributed by atoms with van der Waals surface area (Å²) in [6.45, 7) is 2.50. The summed E-state index contributed by atoms with van der Waals surface area (Å²) in [6, 6.07) is 16.7. The lowest BCUT2D eigenvalue weighted by Gasteiger charge is -2.19. The van der Waals surface area contributed by atoms with E-state index in [1.54, 1.807) is 31.4 Å². The molecule has 1 fully saturated rings. The maximum absolute atomic E-state index is 12.0. The second-order valence-electron chi connectivity index (χ2n) is 6.33. The Morgan fingerprint density at radius 1 is 1.31 bits per heavy atom. The Balaban J connectivity index is 1.46. The van der Waals surface area contributed by atoms with Crippen molar-refractivity contribution in [2.75, 3.05) is 37.0 Å². The highest BCUT2D eigenvalue weighted by molar-refractivity contribution is 5.89. The fourth-order valence-electron chi connectivity index (χ4n) is 3.08. The molecular weight excluding hydrogens is 328 g/mol. The van der Waals surface area contributed by atoms with Gasteiger partial charge in [0.1, 0.15) is 5.75 Å². The molecule has 2 amide bonds. The Labute approximate surface area is 153 Å². The molecule has 2 aromatic carbocycles. The van der Waals surface area contributed by atoms with Crippen molar-refractivity contribution in [2.24, 2.45) is 5.92 Å². The molecule has 1 saturated heterocycles. The average Bonchev–Trinajstić information content (AvgIpc) is 3.16. The van der Waals surface area contributed by atoms with Crippen molar-refractivity contribution in [1.82, 2.24) is 5.32 Å². The van der Waals surface area contributed by atoms with Crippen LogP contribution in [0.15, 0.2) is 48.5 Å². The third kappa shape index (κ3) is 4.45. The largest absolute Gasteiger partial charge is 0.497 e. The van der Waals surface area contributed by atoms with Crippen LogP contribution in [0.25, 0.3) is 0 Å². The van der Waals surface area contributed by atoms with Gasteiger partial charge in [-0.15, -0.1) is 0 Å². The molecule has 0 radical (unpaired) electrons. The van der Waals surface area contributed by atoms with Crippen molar-refractivity contribution in [3.05, 3.63) is 54.1 Å². The number of nitrogens with one attached hydrogen (secondary N) is 2. The van der Waals surface area contributed by atoms with Crippen LogP contribution >= 0.6 is 0 Å². The number of carbonyl (C=O) groups excluding carboxylic acids is 1. The fourth-order valence-corrected chi connectivity index (χ4v) is 3.08. The molecule has 26 heavy (non-hydrogen) atoms. The lowest BCUT2D eigenvalue weighted by atomic mass is 10.1. The van der Waals surface area contributed by atoms with Crippen LogP contribution in [-0.4, -0.2) is 32.8 Å². The average molecular weight is 350 g/mol. The van der Waals surface area contributed by atoms with Gasteiger partial charge in [-0.25, -0.2) is 4.79 Å². The maximum atomic E-state index is 12.0. The normalized spacial score (nSPS) is 16.0. The molecule has 2 aromatic rings. The topological polar surface area (TPSA) is 77.4 Å². The predicted octanol–water partition coefficient (Wildman–Crippen LogP) is 3.21. The number of amides is 2. The summed E-state index contributed by atoms with van der Waals surface area (Å²) in [5.41, 5.74) is 2.39. The first-order chi connectivity index (χ1) is 12.7. The van der Waals surface area contributed by atoms with Crippen LogP contribution in [-0.2, 0) is 0 Å². The minimum absolute atomic E-state index is 0.227. The Morgan fingerprint density at radius 3 is 2.85 bits per heavy atom. The molecular formula is C20H22N4O2. The number of urea groups is 1. The van der Waals surface area contributed by atoms with Gasteiger partial charge in [0.15, 0.2) is 0 Å². The van der Waals surface area contributed by atoms with Crippen LogP contribution in [0.4, 0.5) is 16.2 Å². The number of ether oxygens (including phenoxy) is 1. The van der Waals surface area contributed by atoms with Crippen molar-refractivity contribution in [3.63, 3.8) is 0 Å². The van der Waals surface area contributed by atoms with Crippen LogP contribution in [0.2, 0.25) is 0 Å².